The third-order valence-electron chi connectivity index (χ3n) is 10.5. The number of piperazine rings is 1. The molecule has 3 aromatic rings. The van der Waals surface area contributed by atoms with Crippen LogP contribution in [-0.2, 0) is 37.4 Å². The van der Waals surface area contributed by atoms with Crippen molar-refractivity contribution < 1.29 is 32.2 Å². The number of ether oxygens (including phenoxy) is 3. The Morgan fingerprint density at radius 1 is 0.981 bits per heavy atom. The number of hydrogen-bond donors (Lipinski definition) is 0. The van der Waals surface area contributed by atoms with Gasteiger partial charge in [0.2, 0.25) is 10.0 Å². The molecule has 2 saturated heterocycles. The van der Waals surface area contributed by atoms with E-state index >= 15 is 0 Å². The third kappa shape index (κ3) is 9.76. The monoisotopic (exact) mass is 782 g/mol. The minimum atomic E-state index is -3.98. The zero-order valence-electron chi connectivity index (χ0n) is 33.0. The van der Waals surface area contributed by atoms with Gasteiger partial charge in [-0.15, -0.1) is 0 Å². The van der Waals surface area contributed by atoms with Crippen LogP contribution in [-0.4, -0.2) is 116 Å². The molecule has 296 valence electrons. The van der Waals surface area contributed by atoms with Gasteiger partial charge in [0, 0.05) is 77.1 Å². The predicted molar refractivity (Wildman–Crippen MR) is 212 cm³/mol. The number of likely N-dealkylation sites (tertiary alicyclic amines) is 1. The van der Waals surface area contributed by atoms with Gasteiger partial charge in [-0.3, -0.25) is 4.68 Å². The molecule has 3 aliphatic rings. The molecular weight excluding hydrogens is 725 g/mol. The lowest BCUT2D eigenvalue weighted by Gasteiger charge is -2.37. The second-order valence-corrected chi connectivity index (χ2v) is 25.0. The Balaban J connectivity index is 1.25. The van der Waals surface area contributed by atoms with Gasteiger partial charge in [0.15, 0.2) is 0 Å². The highest BCUT2D eigenvalue weighted by Gasteiger charge is 2.50. The topological polar surface area (TPSA) is 127 Å². The molecule has 0 bridgehead atoms. The van der Waals surface area contributed by atoms with E-state index in [1.165, 1.54) is 0 Å². The summed E-state index contributed by atoms with van der Waals surface area (Å²) in [5, 5.41) is 5.64. The molecule has 2 aliphatic heterocycles. The fourth-order valence-corrected chi connectivity index (χ4v) is 9.46. The number of amides is 2. The molecule has 2 aromatic carbocycles. The first-order valence-corrected chi connectivity index (χ1v) is 24.4. The van der Waals surface area contributed by atoms with Crippen LogP contribution in [0.3, 0.4) is 0 Å². The molecule has 0 radical (unpaired) electrons. The summed E-state index contributed by atoms with van der Waals surface area (Å²) < 4.78 is 50.1. The van der Waals surface area contributed by atoms with Gasteiger partial charge in [-0.1, -0.05) is 50.0 Å². The van der Waals surface area contributed by atoms with E-state index in [4.69, 9.17) is 19.3 Å². The first-order chi connectivity index (χ1) is 25.4. The van der Waals surface area contributed by atoms with Crippen molar-refractivity contribution >= 4 is 46.9 Å². The maximum atomic E-state index is 14.7. The number of nitrogens with zero attached hydrogens (tertiary/aromatic N) is 6. The van der Waals surface area contributed by atoms with Crippen LogP contribution in [0.1, 0.15) is 52.5 Å². The quantitative estimate of drug-likeness (QED) is 0.107. The Kier molecular flexibility index (Phi) is 11.7. The standard InChI is InChI=1S/C39H58N6O7SSi/c1-38(2,3)52-37(47)42-19-17-41(18-20-42)34-23-32(53(48,49)45(39(4)14-15-39)29-50-21-22-54(5,6)7)24-35-33(34)25-40-44(35)27-31-13-16-43(26-31)36(46)51-28-30-11-9-8-10-12-30/h8-12,23-25,31H,13-22,26-29H2,1-7H3. The lowest BCUT2D eigenvalue weighted by Crippen LogP contribution is -2.50. The number of hydrogen-bond acceptors (Lipinski definition) is 9. The van der Waals surface area contributed by atoms with Gasteiger partial charge in [0.25, 0.3) is 0 Å². The van der Waals surface area contributed by atoms with Gasteiger partial charge < -0.3 is 28.9 Å². The Bertz CT molecular complexity index is 1900. The highest BCUT2D eigenvalue weighted by molar-refractivity contribution is 7.89. The predicted octanol–water partition coefficient (Wildman–Crippen LogP) is 6.61. The molecule has 3 fully saturated rings. The van der Waals surface area contributed by atoms with E-state index in [1.54, 1.807) is 26.2 Å². The number of sulfonamides is 1. The van der Waals surface area contributed by atoms with Crippen LogP contribution in [0, 0.1) is 5.92 Å². The Morgan fingerprint density at radius 2 is 1.69 bits per heavy atom. The number of rotatable bonds is 13. The van der Waals surface area contributed by atoms with E-state index in [9.17, 15) is 18.0 Å². The molecule has 1 saturated carbocycles. The molecule has 6 rings (SSSR count). The molecule has 1 aromatic heterocycles. The van der Waals surface area contributed by atoms with Crippen molar-refractivity contribution in [2.75, 3.05) is 57.5 Å². The normalized spacial score (nSPS) is 19.1. The fraction of sp³-hybridized carbons (Fsp3) is 0.615. The second kappa shape index (κ2) is 15.8. The van der Waals surface area contributed by atoms with E-state index in [0.717, 1.165) is 41.9 Å². The number of carbonyl (C=O) groups is 2. The molecule has 3 heterocycles. The van der Waals surface area contributed by atoms with Crippen LogP contribution in [0.5, 0.6) is 0 Å². The number of fused-ring (bicyclic) bond motifs is 1. The molecule has 15 heteroatoms. The second-order valence-electron chi connectivity index (χ2n) is 17.5. The SMILES string of the molecule is CC(C)(C)OC(=O)N1CCN(c2cc(S(=O)(=O)N(COCC[Si](C)(C)C)C3(C)CC3)cc3c2cnn3CC2CCN(C(=O)OCc3ccccc3)C2)CC1. The average molecular weight is 783 g/mol. The van der Waals surface area contributed by atoms with Crippen molar-refractivity contribution in [2.45, 2.75) is 102 Å². The van der Waals surface area contributed by atoms with Crippen LogP contribution in [0.4, 0.5) is 15.3 Å². The van der Waals surface area contributed by atoms with Crippen molar-refractivity contribution in [1.82, 2.24) is 23.9 Å². The van der Waals surface area contributed by atoms with E-state index in [-0.39, 0.29) is 36.3 Å². The van der Waals surface area contributed by atoms with Crippen molar-refractivity contribution in [3.63, 3.8) is 0 Å². The van der Waals surface area contributed by atoms with Gasteiger partial charge in [-0.05, 0) is 76.6 Å². The smallest absolute Gasteiger partial charge is 0.410 e. The average Bonchev–Trinajstić information content (AvgIpc) is 3.47. The first-order valence-electron chi connectivity index (χ1n) is 19.2. The highest BCUT2D eigenvalue weighted by atomic mass is 32.2. The molecule has 0 spiro atoms. The first kappa shape index (κ1) is 40.0. The Morgan fingerprint density at radius 3 is 2.33 bits per heavy atom. The Labute approximate surface area is 321 Å². The van der Waals surface area contributed by atoms with Crippen molar-refractivity contribution in [3.8, 4) is 0 Å². The van der Waals surface area contributed by atoms with E-state index < -0.39 is 29.2 Å². The van der Waals surface area contributed by atoms with Crippen LogP contribution < -0.4 is 4.90 Å². The van der Waals surface area contributed by atoms with Crippen LogP contribution >= 0.6 is 0 Å². The zero-order chi connectivity index (χ0) is 38.9. The van der Waals surface area contributed by atoms with Gasteiger partial charge in [0.1, 0.15) is 18.9 Å². The molecule has 1 atom stereocenters. The number of anilines is 1. The minimum Gasteiger partial charge on any atom is -0.445 e. The summed E-state index contributed by atoms with van der Waals surface area (Å²) in [6, 6.07) is 14.1. The summed E-state index contributed by atoms with van der Waals surface area (Å²) in [6.45, 7) is 18.6. The van der Waals surface area contributed by atoms with Gasteiger partial charge in [-0.2, -0.15) is 9.40 Å². The highest BCUT2D eigenvalue weighted by Crippen LogP contribution is 2.45. The number of benzene rings is 2. The van der Waals surface area contributed by atoms with Crippen LogP contribution in [0.2, 0.25) is 25.7 Å². The molecule has 1 aliphatic carbocycles. The van der Waals surface area contributed by atoms with Gasteiger partial charge >= 0.3 is 12.2 Å². The van der Waals surface area contributed by atoms with E-state index in [1.807, 2.05) is 68.9 Å². The molecule has 13 nitrogen and oxygen atoms in total. The van der Waals surface area contributed by atoms with Crippen molar-refractivity contribution in [2.24, 2.45) is 5.92 Å². The summed E-state index contributed by atoms with van der Waals surface area (Å²) in [6.07, 6.45) is 3.44. The molecule has 54 heavy (non-hydrogen) atoms. The maximum absolute atomic E-state index is 14.7. The van der Waals surface area contributed by atoms with Crippen molar-refractivity contribution in [3.05, 3.63) is 54.2 Å². The maximum Gasteiger partial charge on any atom is 0.410 e. The molecule has 0 N–H and O–H groups in total. The summed E-state index contributed by atoms with van der Waals surface area (Å²) in [5.41, 5.74) is 1.31. The molecule has 2 amide bonds. The Hall–Kier alpha value is -3.66. The summed E-state index contributed by atoms with van der Waals surface area (Å²) in [7, 11) is -5.35. The summed E-state index contributed by atoms with van der Waals surface area (Å²) in [4.78, 5) is 31.6. The number of aromatic nitrogens is 2. The van der Waals surface area contributed by atoms with Crippen molar-refractivity contribution in [1.29, 1.82) is 0 Å². The fourth-order valence-electron chi connectivity index (χ4n) is 6.95. The lowest BCUT2D eigenvalue weighted by atomic mass is 10.1. The van der Waals surface area contributed by atoms with Gasteiger partial charge in [-0.25, -0.2) is 18.0 Å². The summed E-state index contributed by atoms with van der Waals surface area (Å²) in [5.74, 6) is 0.111. The summed E-state index contributed by atoms with van der Waals surface area (Å²) >= 11 is 0. The van der Waals surface area contributed by atoms with E-state index in [0.29, 0.717) is 57.9 Å². The minimum absolute atomic E-state index is 0.00277. The largest absolute Gasteiger partial charge is 0.445 e. The zero-order valence-corrected chi connectivity index (χ0v) is 34.9. The third-order valence-corrected chi connectivity index (χ3v) is 14.2. The van der Waals surface area contributed by atoms with E-state index in [2.05, 4.69) is 24.5 Å². The van der Waals surface area contributed by atoms with Crippen LogP contribution in [0.15, 0.2) is 53.6 Å². The molecule has 1 unspecified atom stereocenters. The van der Waals surface area contributed by atoms with Gasteiger partial charge in [0.05, 0.1) is 16.6 Å². The number of carbonyl (C=O) groups excluding carboxylic acids is 2. The lowest BCUT2D eigenvalue weighted by molar-refractivity contribution is 0.0240. The van der Waals surface area contributed by atoms with Crippen LogP contribution in [0.25, 0.3) is 10.9 Å². The molecular formula is C39H58N6O7SSi.